The second-order valence-corrected chi connectivity index (χ2v) is 15.4. The smallest absolute Gasteiger partial charge is 0.0785 e. The van der Waals surface area contributed by atoms with Gasteiger partial charge in [0.15, 0.2) is 0 Å². The molecule has 3 heteroatoms. The second kappa shape index (κ2) is 75.0. The molecule has 0 N–H and O–H groups in total. The van der Waals surface area contributed by atoms with Crippen molar-refractivity contribution < 1.29 is 13.2 Å². The van der Waals surface area contributed by atoms with Crippen molar-refractivity contribution >= 4 is 0 Å². The normalized spacial score (nSPS) is 8.33. The van der Waals surface area contributed by atoms with Crippen LogP contribution in [0.3, 0.4) is 0 Å². The zero-order valence-corrected chi connectivity index (χ0v) is 51.9. The van der Waals surface area contributed by atoms with E-state index in [2.05, 4.69) is 229 Å². The molecule has 0 aromatic heterocycles. The number of halogens is 3. The quantitative estimate of drug-likeness (QED) is 0.156. The number of hydrogen-bond donors (Lipinski definition) is 0. The van der Waals surface area contributed by atoms with Gasteiger partial charge in [0.1, 0.15) is 0 Å². The molecule has 0 amide bonds. The Kier molecular flexibility index (Phi) is 90.5. The van der Waals surface area contributed by atoms with Crippen LogP contribution in [0.25, 0.3) is 0 Å². The molecule has 0 aliphatic rings. The van der Waals surface area contributed by atoms with E-state index < -0.39 is 0 Å². The van der Waals surface area contributed by atoms with E-state index >= 15 is 0 Å². The molecule has 0 saturated carbocycles. The topological polar surface area (TPSA) is 0 Å². The van der Waals surface area contributed by atoms with E-state index in [1.807, 2.05) is 119 Å². The standard InChI is InChI=1S/6C9H12.6C2H6.3CH3F/c6*1-8(2)9-6-4-3-5-7-9;9*1-2/h6*3-8H,1-2H3;6*1-2H3;3*1H3. The van der Waals surface area contributed by atoms with Crippen LogP contribution in [-0.2, 0) is 0 Å². The Labute approximate surface area is 449 Å². The number of alkyl halides is 3. The molecule has 6 rings (SSSR count). The van der Waals surface area contributed by atoms with Gasteiger partial charge >= 0.3 is 0 Å². The van der Waals surface area contributed by atoms with E-state index in [1.165, 1.54) is 33.4 Å². The van der Waals surface area contributed by atoms with Gasteiger partial charge in [-0.3, -0.25) is 13.2 Å². The van der Waals surface area contributed by atoms with Crippen LogP contribution in [0, 0.1) is 0 Å². The fourth-order valence-electron chi connectivity index (χ4n) is 5.03. The lowest BCUT2D eigenvalue weighted by Gasteiger charge is -2.01. The third-order valence-corrected chi connectivity index (χ3v) is 8.80. The number of benzene rings is 6. The van der Waals surface area contributed by atoms with Gasteiger partial charge in [-0.15, -0.1) is 0 Å². The van der Waals surface area contributed by atoms with Crippen LogP contribution in [-0.4, -0.2) is 21.5 Å². The van der Waals surface area contributed by atoms with Gasteiger partial charge in [-0.1, -0.05) is 348 Å². The van der Waals surface area contributed by atoms with E-state index in [9.17, 15) is 13.2 Å². The summed E-state index contributed by atoms with van der Waals surface area (Å²) in [5.41, 5.74) is 8.49. The van der Waals surface area contributed by atoms with E-state index in [4.69, 9.17) is 0 Å². The Morgan fingerprint density at radius 3 is 0.278 bits per heavy atom. The lowest BCUT2D eigenvalue weighted by atomic mass is 10.0. The summed E-state index contributed by atoms with van der Waals surface area (Å²) < 4.78 is 28.5. The minimum Gasteiger partial charge on any atom is -0.255 e. The van der Waals surface area contributed by atoms with Crippen LogP contribution in [0.15, 0.2) is 182 Å². The van der Waals surface area contributed by atoms with Crippen LogP contribution in [0.4, 0.5) is 13.2 Å². The van der Waals surface area contributed by atoms with E-state index in [-0.39, 0.29) is 0 Å². The van der Waals surface area contributed by atoms with Gasteiger partial charge in [-0.05, 0) is 68.9 Å². The van der Waals surface area contributed by atoms with Crippen LogP contribution in [0.1, 0.15) is 235 Å². The lowest BCUT2D eigenvalue weighted by Crippen LogP contribution is -1.83. The molecule has 0 bridgehead atoms. The highest BCUT2D eigenvalue weighted by Gasteiger charge is 1.97. The molecule has 72 heavy (non-hydrogen) atoms. The molecular weight excluding hydrogens is 886 g/mol. The Bertz CT molecular complexity index is 1330. The lowest BCUT2D eigenvalue weighted by molar-refractivity contribution is 0.635. The highest BCUT2D eigenvalue weighted by molar-refractivity contribution is 5.21. The molecule has 6 aromatic rings. The van der Waals surface area contributed by atoms with E-state index in [1.54, 1.807) is 0 Å². The molecule has 0 nitrogen and oxygen atoms in total. The van der Waals surface area contributed by atoms with Crippen molar-refractivity contribution in [3.8, 4) is 0 Å². The van der Waals surface area contributed by atoms with Gasteiger partial charge in [0.25, 0.3) is 0 Å². The molecule has 6 aromatic carbocycles. The van der Waals surface area contributed by atoms with Gasteiger partial charge < -0.3 is 0 Å². The Balaban J connectivity index is -0.0000000887. The molecule has 0 aliphatic heterocycles. The fourth-order valence-corrected chi connectivity index (χ4v) is 5.03. The molecule has 0 unspecified atom stereocenters. The van der Waals surface area contributed by atoms with Gasteiger partial charge in [0.2, 0.25) is 0 Å². The second-order valence-electron chi connectivity index (χ2n) is 15.4. The summed E-state index contributed by atoms with van der Waals surface area (Å²) in [6.07, 6.45) is 0. The van der Waals surface area contributed by atoms with Crippen molar-refractivity contribution in [3.05, 3.63) is 215 Å². The minimum atomic E-state index is 0.500. The summed E-state index contributed by atoms with van der Waals surface area (Å²) in [5, 5.41) is 0. The van der Waals surface area contributed by atoms with Crippen LogP contribution < -0.4 is 0 Å². The highest BCUT2D eigenvalue weighted by Crippen LogP contribution is 2.15. The van der Waals surface area contributed by atoms with E-state index in [0.29, 0.717) is 57.0 Å². The first-order valence-corrected chi connectivity index (χ1v) is 27.3. The Morgan fingerprint density at radius 2 is 0.236 bits per heavy atom. The van der Waals surface area contributed by atoms with Gasteiger partial charge in [0, 0.05) is 0 Å². The Morgan fingerprint density at radius 1 is 0.167 bits per heavy atom. The third-order valence-electron chi connectivity index (χ3n) is 8.80. The van der Waals surface area contributed by atoms with Crippen molar-refractivity contribution in [2.24, 2.45) is 0 Å². The maximum absolute atomic E-state index is 9.50. The maximum Gasteiger partial charge on any atom is 0.0785 e. The molecule has 0 spiro atoms. The summed E-state index contributed by atoms with van der Waals surface area (Å²) in [5.74, 6) is 3.95. The minimum absolute atomic E-state index is 0.500. The molecule has 0 aliphatic carbocycles. The predicted molar refractivity (Wildman–Crippen MR) is 332 cm³/mol. The molecule has 0 saturated heterocycles. The van der Waals surface area contributed by atoms with Gasteiger partial charge in [-0.25, -0.2) is 0 Å². The first-order chi connectivity index (χ1) is 34.8. The number of rotatable bonds is 6. The van der Waals surface area contributed by atoms with Crippen molar-refractivity contribution in [1.29, 1.82) is 0 Å². The first-order valence-electron chi connectivity index (χ1n) is 27.3. The van der Waals surface area contributed by atoms with E-state index in [0.717, 1.165) is 0 Å². The van der Waals surface area contributed by atoms with Crippen LogP contribution in [0.5, 0.6) is 0 Å². The Hall–Kier alpha value is -4.89. The van der Waals surface area contributed by atoms with Crippen molar-refractivity contribution in [3.63, 3.8) is 0 Å². The first kappa shape index (κ1) is 86.9. The molecular formula is C69H117F3. The average Bonchev–Trinajstić information content (AvgIpc) is 3.48. The van der Waals surface area contributed by atoms with Crippen molar-refractivity contribution in [2.45, 2.75) is 202 Å². The zero-order valence-electron chi connectivity index (χ0n) is 51.9. The zero-order chi connectivity index (χ0) is 58.1. The summed E-state index contributed by atoms with van der Waals surface area (Å²) in [4.78, 5) is 0. The molecule has 0 heterocycles. The predicted octanol–water partition coefficient (Wildman–Crippen LogP) is 24.8. The highest BCUT2D eigenvalue weighted by atomic mass is 19.1. The molecule has 0 fully saturated rings. The number of hydrogen-bond acceptors (Lipinski definition) is 0. The summed E-state index contributed by atoms with van der Waals surface area (Å²) >= 11 is 0. The van der Waals surface area contributed by atoms with Gasteiger partial charge in [-0.2, -0.15) is 0 Å². The summed E-state index contributed by atoms with van der Waals surface area (Å²) in [6, 6.07) is 63.1. The van der Waals surface area contributed by atoms with Crippen molar-refractivity contribution in [2.75, 3.05) is 21.5 Å². The largest absolute Gasteiger partial charge is 0.255 e. The summed E-state index contributed by atoms with van der Waals surface area (Å²) in [6.45, 7) is 50.4. The molecule has 0 atom stereocenters. The maximum atomic E-state index is 9.50. The average molecular weight is 1000 g/mol. The monoisotopic (exact) mass is 1000 g/mol. The summed E-state index contributed by atoms with van der Waals surface area (Å²) in [7, 11) is 1.50. The van der Waals surface area contributed by atoms with Crippen molar-refractivity contribution in [1.82, 2.24) is 0 Å². The molecule has 0 radical (unpaired) electrons. The fraction of sp³-hybridized carbons (Fsp3) is 0.478. The third kappa shape index (κ3) is 59.4. The van der Waals surface area contributed by atoms with Crippen LogP contribution >= 0.6 is 0 Å². The molecule has 414 valence electrons. The SMILES string of the molecule is CC.CC.CC.CC.CC.CC.CC(C)c1ccccc1.CC(C)c1ccccc1.CC(C)c1ccccc1.CC(C)c1ccccc1.CC(C)c1ccccc1.CC(C)c1ccccc1.CF.CF.CF. The van der Waals surface area contributed by atoms with Gasteiger partial charge in [0.05, 0.1) is 21.5 Å². The van der Waals surface area contributed by atoms with Crippen LogP contribution in [0.2, 0.25) is 0 Å².